The number of rotatable bonds is 20. The Morgan fingerprint density at radius 3 is 2.21 bits per heavy atom. The van der Waals surface area contributed by atoms with Gasteiger partial charge in [-0.15, -0.1) is 0 Å². The van der Waals surface area contributed by atoms with Crippen LogP contribution >= 0.6 is 11.6 Å². The van der Waals surface area contributed by atoms with Crippen LogP contribution in [0.5, 0.6) is 5.75 Å². The molecule has 14 heteroatoms. The number of amides is 2. The number of ether oxygens (including phenoxy) is 3. The van der Waals surface area contributed by atoms with Gasteiger partial charge in [0.05, 0.1) is 37.2 Å². The Bertz CT molecular complexity index is 1470. The third-order valence-corrected chi connectivity index (χ3v) is 8.00. The minimum atomic E-state index is -1.24. The Morgan fingerprint density at radius 2 is 1.63 bits per heavy atom. The van der Waals surface area contributed by atoms with E-state index in [2.05, 4.69) is 10.6 Å². The highest BCUT2D eigenvalue weighted by molar-refractivity contribution is 6.32. The minimum Gasteiger partial charge on any atom is -0.495 e. The van der Waals surface area contributed by atoms with Crippen molar-refractivity contribution in [3.63, 3.8) is 0 Å². The van der Waals surface area contributed by atoms with Crippen molar-refractivity contribution in [2.45, 2.75) is 79.1 Å². The maximum atomic E-state index is 12.2. The van der Waals surface area contributed by atoms with E-state index in [-0.39, 0.29) is 44.5 Å². The summed E-state index contributed by atoms with van der Waals surface area (Å²) >= 11 is 5.80. The van der Waals surface area contributed by atoms with Crippen LogP contribution < -0.4 is 21.1 Å². The molecule has 0 aliphatic carbocycles. The molecule has 52 heavy (non-hydrogen) atoms. The van der Waals surface area contributed by atoms with Crippen LogP contribution in [0, 0.1) is 24.7 Å². The van der Waals surface area contributed by atoms with Gasteiger partial charge in [0.15, 0.2) is 6.10 Å². The smallest absolute Gasteiger partial charge is 0.345 e. The Morgan fingerprint density at radius 1 is 0.981 bits per heavy atom. The molecule has 0 radical (unpaired) electrons. The van der Waals surface area contributed by atoms with Crippen molar-refractivity contribution in [1.82, 2.24) is 10.6 Å². The summed E-state index contributed by atoms with van der Waals surface area (Å²) in [5.41, 5.74) is 8.12. The molecule has 0 aromatic heterocycles. The number of nitrogens with two attached hydrogens (primary N) is 1. The highest BCUT2D eigenvalue weighted by Crippen LogP contribution is 2.24. The topological polar surface area (TPSA) is 204 Å². The van der Waals surface area contributed by atoms with E-state index >= 15 is 0 Å². The number of aliphatic hydroxyl groups is 1. The third kappa shape index (κ3) is 19.2. The molecule has 0 bridgehead atoms. The lowest BCUT2D eigenvalue weighted by molar-refractivity contribution is -0.167. The van der Waals surface area contributed by atoms with Crippen molar-refractivity contribution in [3.8, 4) is 5.75 Å². The van der Waals surface area contributed by atoms with E-state index in [0.717, 1.165) is 22.4 Å². The number of esters is 2. The molecule has 4 unspecified atom stereocenters. The van der Waals surface area contributed by atoms with Crippen molar-refractivity contribution in [1.29, 1.82) is 0 Å². The first-order valence-corrected chi connectivity index (χ1v) is 17.5. The summed E-state index contributed by atoms with van der Waals surface area (Å²) in [6, 6.07) is 13.1. The van der Waals surface area contributed by atoms with Gasteiger partial charge in [-0.25, -0.2) is 4.79 Å². The number of carboxylic acids is 1. The SMILES string of the molecule is CC(C)CC(OC(=O)C(C)CNC(=O)CNC(=O)/C=C/CCC(C)C(O)Cc1ccc(COC(=O)CN)cc1)C(=O)O.COc1ccc(C)cc1Cl. The molecule has 0 spiro atoms. The Hall–Kier alpha value is -4.46. The van der Waals surface area contributed by atoms with Gasteiger partial charge in [0.25, 0.3) is 0 Å². The molecule has 0 saturated carbocycles. The summed E-state index contributed by atoms with van der Waals surface area (Å²) in [5.74, 6) is -3.42. The van der Waals surface area contributed by atoms with Crippen molar-refractivity contribution < 1.29 is 48.4 Å². The molecular weight excluding hydrogens is 694 g/mol. The Labute approximate surface area is 311 Å². The van der Waals surface area contributed by atoms with Crippen LogP contribution in [0.4, 0.5) is 0 Å². The highest BCUT2D eigenvalue weighted by Gasteiger charge is 2.26. The standard InChI is InChI=1S/C30H45N3O9.C8H9ClO/c1-19(2)13-25(29(38)39)42-30(40)21(4)16-32-27(36)17-33-26(35)8-6-5-7-20(3)24(34)14-22-9-11-23(12-10-22)18-41-28(37)15-31;1-6-3-4-8(10-2)7(9)5-6/h6,8-12,19-21,24-25,34H,5,7,13-18,31H2,1-4H3,(H,32,36)(H,33,35)(H,38,39);3-5H,1-2H3/b8-6+;. The van der Waals surface area contributed by atoms with E-state index in [0.29, 0.717) is 24.3 Å². The molecule has 13 nitrogen and oxygen atoms in total. The van der Waals surface area contributed by atoms with E-state index in [1.54, 1.807) is 13.2 Å². The number of carboxylic acid groups (broad SMARTS) is 1. The summed E-state index contributed by atoms with van der Waals surface area (Å²) in [7, 11) is 1.61. The summed E-state index contributed by atoms with van der Waals surface area (Å²) in [6.07, 6.45) is 3.01. The van der Waals surface area contributed by atoms with Gasteiger partial charge in [-0.1, -0.05) is 75.7 Å². The molecule has 6 N–H and O–H groups in total. The molecule has 0 aliphatic rings. The zero-order valence-electron chi connectivity index (χ0n) is 30.9. The number of methoxy groups -OCH3 is 1. The number of hydrogen-bond donors (Lipinski definition) is 5. The molecule has 2 rings (SSSR count). The lowest BCUT2D eigenvalue weighted by Gasteiger charge is -2.18. The van der Waals surface area contributed by atoms with Gasteiger partial charge in [0.1, 0.15) is 12.4 Å². The highest BCUT2D eigenvalue weighted by atomic mass is 35.5. The van der Waals surface area contributed by atoms with Gasteiger partial charge in [-0.2, -0.15) is 0 Å². The number of nitrogens with one attached hydrogen (secondary N) is 2. The number of carbonyl (C=O) groups excluding carboxylic acids is 4. The second-order valence-electron chi connectivity index (χ2n) is 12.9. The lowest BCUT2D eigenvalue weighted by atomic mass is 9.93. The quantitative estimate of drug-likeness (QED) is 0.0963. The monoisotopic (exact) mass is 747 g/mol. The molecule has 288 valence electrons. The predicted octanol–water partition coefficient (Wildman–Crippen LogP) is 4.13. The number of aryl methyl sites for hydroxylation is 1. The van der Waals surface area contributed by atoms with Crippen LogP contribution in [0.25, 0.3) is 0 Å². The zero-order valence-corrected chi connectivity index (χ0v) is 31.6. The van der Waals surface area contributed by atoms with Gasteiger partial charge < -0.3 is 40.8 Å². The molecule has 2 amide bonds. The van der Waals surface area contributed by atoms with Gasteiger partial charge in [0, 0.05) is 6.54 Å². The molecule has 2 aromatic carbocycles. The van der Waals surface area contributed by atoms with Crippen molar-refractivity contribution in [3.05, 3.63) is 76.3 Å². The molecular formula is C38H54ClN3O10. The fraction of sp³-hybridized carbons (Fsp3) is 0.500. The van der Waals surface area contributed by atoms with Crippen LogP contribution in [-0.2, 0) is 46.5 Å². The van der Waals surface area contributed by atoms with Gasteiger partial charge in [0.2, 0.25) is 11.8 Å². The van der Waals surface area contributed by atoms with E-state index in [1.807, 2.05) is 70.2 Å². The first kappa shape index (κ1) is 45.6. The fourth-order valence-electron chi connectivity index (χ4n) is 4.47. The Balaban J connectivity index is 0.00000115. The fourth-order valence-corrected chi connectivity index (χ4v) is 4.79. The van der Waals surface area contributed by atoms with E-state index in [1.165, 1.54) is 13.0 Å². The van der Waals surface area contributed by atoms with E-state index in [9.17, 15) is 34.2 Å². The average molecular weight is 748 g/mol. The normalized spacial score (nSPS) is 13.2. The summed E-state index contributed by atoms with van der Waals surface area (Å²) in [4.78, 5) is 58.6. The third-order valence-electron chi connectivity index (χ3n) is 7.71. The minimum absolute atomic E-state index is 0.0278. The van der Waals surface area contributed by atoms with Crippen LogP contribution in [0.2, 0.25) is 5.02 Å². The second kappa shape index (κ2) is 24.7. The summed E-state index contributed by atoms with van der Waals surface area (Å²) in [6.45, 7) is 8.68. The maximum Gasteiger partial charge on any atom is 0.345 e. The molecule has 2 aromatic rings. The Kier molecular flexibility index (Phi) is 21.6. The predicted molar refractivity (Wildman–Crippen MR) is 197 cm³/mol. The molecule has 4 atom stereocenters. The van der Waals surface area contributed by atoms with E-state index < -0.39 is 47.8 Å². The number of aliphatic hydroxyl groups excluding tert-OH is 1. The number of benzene rings is 2. The number of halogens is 1. The summed E-state index contributed by atoms with van der Waals surface area (Å²) < 4.78 is 15.0. The van der Waals surface area contributed by atoms with E-state index in [4.69, 9.17) is 31.5 Å². The van der Waals surface area contributed by atoms with Gasteiger partial charge in [-0.05, 0) is 79.3 Å². The number of carbonyl (C=O) groups is 5. The molecule has 0 fully saturated rings. The largest absolute Gasteiger partial charge is 0.495 e. The first-order chi connectivity index (χ1) is 24.6. The number of allylic oxidation sites excluding steroid dienone is 1. The molecule has 0 heterocycles. The maximum absolute atomic E-state index is 12.2. The van der Waals surface area contributed by atoms with Gasteiger partial charge in [-0.3, -0.25) is 19.2 Å². The van der Waals surface area contributed by atoms with Crippen LogP contribution in [0.1, 0.15) is 63.6 Å². The lowest BCUT2D eigenvalue weighted by Crippen LogP contribution is -2.40. The first-order valence-electron chi connectivity index (χ1n) is 17.1. The molecule has 0 aliphatic heterocycles. The summed E-state index contributed by atoms with van der Waals surface area (Å²) in [5, 5.41) is 25.4. The zero-order chi connectivity index (χ0) is 39.2. The average Bonchev–Trinajstić information content (AvgIpc) is 3.10. The van der Waals surface area contributed by atoms with Crippen molar-refractivity contribution in [2.75, 3.05) is 26.7 Å². The van der Waals surface area contributed by atoms with Crippen molar-refractivity contribution >= 4 is 41.3 Å². The van der Waals surface area contributed by atoms with Crippen molar-refractivity contribution in [2.24, 2.45) is 23.5 Å². The van der Waals surface area contributed by atoms with Crippen LogP contribution in [-0.4, -0.2) is 78.9 Å². The number of hydrogen-bond acceptors (Lipinski definition) is 10. The number of aliphatic carboxylic acids is 1. The second-order valence-corrected chi connectivity index (χ2v) is 13.3. The van der Waals surface area contributed by atoms with Gasteiger partial charge >= 0.3 is 17.9 Å². The molecule has 0 saturated heterocycles. The van der Waals surface area contributed by atoms with Crippen LogP contribution in [0.15, 0.2) is 54.6 Å². The van der Waals surface area contributed by atoms with Crippen LogP contribution in [0.3, 0.4) is 0 Å².